The van der Waals surface area contributed by atoms with E-state index in [0.29, 0.717) is 21.5 Å². The van der Waals surface area contributed by atoms with Crippen LogP contribution in [0.3, 0.4) is 0 Å². The fourth-order valence-electron chi connectivity index (χ4n) is 4.10. The molecule has 9 heteroatoms. The molecule has 2 N–H and O–H groups in total. The molecule has 1 atom stereocenters. The number of fused-ring (bicyclic) bond motifs is 1. The van der Waals surface area contributed by atoms with E-state index in [1.165, 1.54) is 22.8 Å². The first-order valence-corrected chi connectivity index (χ1v) is 11.5. The number of benzene rings is 2. The smallest absolute Gasteiger partial charge is 0.251 e. The summed E-state index contributed by atoms with van der Waals surface area (Å²) in [5.74, 6) is 0.0652. The minimum absolute atomic E-state index is 0.311. The molecule has 3 heterocycles. The highest BCUT2D eigenvalue weighted by atomic mass is 79.9. The van der Waals surface area contributed by atoms with Gasteiger partial charge in [-0.15, -0.1) is 0 Å². The summed E-state index contributed by atoms with van der Waals surface area (Å²) in [5, 5.41) is 18.3. The van der Waals surface area contributed by atoms with Crippen LogP contribution in [0.25, 0.3) is 33.3 Å². The normalized spacial score (nSPS) is 12.1. The Hall–Kier alpha value is -3.82. The van der Waals surface area contributed by atoms with Gasteiger partial charge in [-0.2, -0.15) is 5.10 Å². The number of H-pyrrole nitrogens is 1. The number of aliphatic hydroxyl groups excluding tert-OH is 1. The first kappa shape index (κ1) is 22.9. The Bertz CT molecular complexity index is 1560. The van der Waals surface area contributed by atoms with Crippen molar-refractivity contribution in [1.82, 2.24) is 19.7 Å². The third-order valence-electron chi connectivity index (χ3n) is 5.84. The molecule has 3 aromatic heterocycles. The van der Waals surface area contributed by atoms with E-state index < -0.39 is 11.9 Å². The maximum Gasteiger partial charge on any atom is 0.251 e. The second kappa shape index (κ2) is 9.44. The van der Waals surface area contributed by atoms with Crippen molar-refractivity contribution in [2.45, 2.75) is 6.04 Å². The zero-order valence-corrected chi connectivity index (χ0v) is 20.2. The number of aromatic amines is 1. The van der Waals surface area contributed by atoms with Crippen molar-refractivity contribution in [3.05, 3.63) is 99.3 Å². The van der Waals surface area contributed by atoms with Gasteiger partial charge < -0.3 is 14.4 Å². The SMILES string of the molecule is COc1ccc(-c2n[nH]c3ccc(-c4ccn([C@H](CO)c5cc(F)cc(Br)c5)c(=O)c4)cc23)cn1. The third kappa shape index (κ3) is 4.48. The van der Waals surface area contributed by atoms with Crippen molar-refractivity contribution < 1.29 is 14.2 Å². The number of methoxy groups -OCH3 is 1. The summed E-state index contributed by atoms with van der Waals surface area (Å²) in [4.78, 5) is 17.3. The molecule has 0 radical (unpaired) electrons. The second-order valence-corrected chi connectivity index (χ2v) is 8.90. The first-order valence-electron chi connectivity index (χ1n) is 10.7. The van der Waals surface area contributed by atoms with E-state index in [2.05, 4.69) is 31.1 Å². The molecule has 0 amide bonds. The van der Waals surface area contributed by atoms with Crippen LogP contribution in [0.15, 0.2) is 82.3 Å². The molecule has 0 fully saturated rings. The number of rotatable bonds is 6. The van der Waals surface area contributed by atoms with E-state index in [1.807, 2.05) is 24.3 Å². The molecular formula is C26H20BrFN4O3. The summed E-state index contributed by atoms with van der Waals surface area (Å²) in [6, 6.07) is 16.4. The van der Waals surface area contributed by atoms with Gasteiger partial charge in [-0.05, 0) is 59.2 Å². The van der Waals surface area contributed by atoms with Gasteiger partial charge in [-0.3, -0.25) is 9.89 Å². The lowest BCUT2D eigenvalue weighted by Gasteiger charge is -2.19. The molecule has 0 aliphatic carbocycles. The Morgan fingerprint density at radius 2 is 1.89 bits per heavy atom. The number of pyridine rings is 2. The molecule has 0 saturated heterocycles. The van der Waals surface area contributed by atoms with Crippen LogP contribution in [0, 0.1) is 5.82 Å². The van der Waals surface area contributed by atoms with E-state index >= 15 is 0 Å². The van der Waals surface area contributed by atoms with Gasteiger partial charge in [0.15, 0.2) is 0 Å². The molecule has 35 heavy (non-hydrogen) atoms. The first-order chi connectivity index (χ1) is 17.0. The Labute approximate surface area is 208 Å². The summed E-state index contributed by atoms with van der Waals surface area (Å²) in [6.45, 7) is -0.352. The Morgan fingerprint density at radius 3 is 2.57 bits per heavy atom. The van der Waals surface area contributed by atoms with Gasteiger partial charge in [-0.1, -0.05) is 22.0 Å². The Morgan fingerprint density at radius 1 is 1.09 bits per heavy atom. The van der Waals surface area contributed by atoms with E-state index in [1.54, 1.807) is 37.7 Å². The van der Waals surface area contributed by atoms with Crippen molar-refractivity contribution >= 4 is 26.8 Å². The molecular weight excluding hydrogens is 515 g/mol. The van der Waals surface area contributed by atoms with E-state index in [-0.39, 0.29) is 12.2 Å². The second-order valence-electron chi connectivity index (χ2n) is 7.98. The quantitative estimate of drug-likeness (QED) is 0.321. The van der Waals surface area contributed by atoms with Crippen LogP contribution in [0.5, 0.6) is 5.88 Å². The standard InChI is InChI=1S/C26H20BrFN4O3/c1-35-24-5-3-17(13-29-24)26-21-10-15(2-4-22(21)30-31-26)16-6-7-32(25(34)11-16)23(14-33)18-8-19(27)12-20(28)9-18/h2-13,23,33H,14H2,1H3,(H,30,31)/t23-/m1/s1. The predicted octanol–water partition coefficient (Wildman–Crippen LogP) is 4.95. The van der Waals surface area contributed by atoms with Crippen LogP contribution in [0.1, 0.15) is 11.6 Å². The monoisotopic (exact) mass is 534 g/mol. The lowest BCUT2D eigenvalue weighted by atomic mass is 10.0. The molecule has 0 aliphatic rings. The van der Waals surface area contributed by atoms with Crippen molar-refractivity contribution in [2.24, 2.45) is 0 Å². The molecule has 5 aromatic rings. The zero-order valence-electron chi connectivity index (χ0n) is 18.6. The summed E-state index contributed by atoms with van der Waals surface area (Å²) in [6.07, 6.45) is 3.31. The number of nitrogens with one attached hydrogen (secondary N) is 1. The minimum atomic E-state index is -0.714. The Balaban J connectivity index is 1.52. The van der Waals surface area contributed by atoms with Gasteiger partial charge in [0.1, 0.15) is 11.5 Å². The summed E-state index contributed by atoms with van der Waals surface area (Å²) >= 11 is 3.26. The molecule has 7 nitrogen and oxygen atoms in total. The molecule has 176 valence electrons. The van der Waals surface area contributed by atoms with Crippen LogP contribution >= 0.6 is 15.9 Å². The molecule has 2 aromatic carbocycles. The highest BCUT2D eigenvalue weighted by molar-refractivity contribution is 9.10. The van der Waals surface area contributed by atoms with Gasteiger partial charge in [0, 0.05) is 39.9 Å². The molecule has 0 saturated carbocycles. The van der Waals surface area contributed by atoms with Crippen LogP contribution in [0.4, 0.5) is 4.39 Å². The number of halogens is 2. The highest BCUT2D eigenvalue weighted by Crippen LogP contribution is 2.31. The average Bonchev–Trinajstić information content (AvgIpc) is 3.28. The lowest BCUT2D eigenvalue weighted by Crippen LogP contribution is -2.27. The summed E-state index contributed by atoms with van der Waals surface area (Å²) in [5.41, 5.74) is 4.15. The van der Waals surface area contributed by atoms with Crippen molar-refractivity contribution in [1.29, 1.82) is 0 Å². The lowest BCUT2D eigenvalue weighted by molar-refractivity contribution is 0.246. The van der Waals surface area contributed by atoms with E-state index in [0.717, 1.165) is 27.7 Å². The van der Waals surface area contributed by atoms with Crippen LogP contribution < -0.4 is 10.3 Å². The maximum absolute atomic E-state index is 13.9. The fourth-order valence-corrected chi connectivity index (χ4v) is 4.59. The number of ether oxygens (including phenoxy) is 1. The number of hydrogen-bond acceptors (Lipinski definition) is 5. The zero-order chi connectivity index (χ0) is 24.5. The maximum atomic E-state index is 13.9. The number of hydrogen-bond donors (Lipinski definition) is 2. The largest absolute Gasteiger partial charge is 0.481 e. The topological polar surface area (TPSA) is 93.0 Å². The van der Waals surface area contributed by atoms with Crippen molar-refractivity contribution in [2.75, 3.05) is 13.7 Å². The molecule has 5 rings (SSSR count). The van der Waals surface area contributed by atoms with Crippen LogP contribution in [0.2, 0.25) is 0 Å². The predicted molar refractivity (Wildman–Crippen MR) is 135 cm³/mol. The van der Waals surface area contributed by atoms with Crippen LogP contribution in [-0.4, -0.2) is 38.6 Å². The minimum Gasteiger partial charge on any atom is -0.481 e. The number of aliphatic hydroxyl groups is 1. The van der Waals surface area contributed by atoms with Gasteiger partial charge in [-0.25, -0.2) is 9.37 Å². The molecule has 0 unspecified atom stereocenters. The van der Waals surface area contributed by atoms with Gasteiger partial charge in [0.05, 0.1) is 25.3 Å². The van der Waals surface area contributed by atoms with E-state index in [9.17, 15) is 14.3 Å². The van der Waals surface area contributed by atoms with Gasteiger partial charge >= 0.3 is 0 Å². The summed E-state index contributed by atoms with van der Waals surface area (Å²) < 4.78 is 21.0. The fraction of sp³-hybridized carbons (Fsp3) is 0.115. The average molecular weight is 535 g/mol. The Kier molecular flexibility index (Phi) is 6.19. The van der Waals surface area contributed by atoms with Crippen LogP contribution in [-0.2, 0) is 0 Å². The number of aromatic nitrogens is 4. The van der Waals surface area contributed by atoms with Gasteiger partial charge in [0.2, 0.25) is 5.88 Å². The van der Waals surface area contributed by atoms with Gasteiger partial charge in [0.25, 0.3) is 5.56 Å². The summed E-state index contributed by atoms with van der Waals surface area (Å²) in [7, 11) is 1.56. The third-order valence-corrected chi connectivity index (χ3v) is 6.30. The molecule has 0 spiro atoms. The van der Waals surface area contributed by atoms with Crippen molar-refractivity contribution in [3.8, 4) is 28.3 Å². The highest BCUT2D eigenvalue weighted by Gasteiger charge is 2.17. The molecule has 0 bridgehead atoms. The van der Waals surface area contributed by atoms with E-state index in [4.69, 9.17) is 4.74 Å². The molecule has 0 aliphatic heterocycles. The van der Waals surface area contributed by atoms with Crippen molar-refractivity contribution in [3.63, 3.8) is 0 Å². The number of nitrogens with zero attached hydrogens (tertiary/aromatic N) is 3.